The predicted molar refractivity (Wildman–Crippen MR) is 60.0 cm³/mol. The molecule has 0 spiro atoms. The highest BCUT2D eigenvalue weighted by atomic mass is 32.2. The zero-order valence-corrected chi connectivity index (χ0v) is 9.66. The van der Waals surface area contributed by atoms with Crippen LogP contribution in [0.3, 0.4) is 0 Å². The Bertz CT molecular complexity index is 487. The number of rotatable bonds is 3. The Hall–Kier alpha value is -0.950. The first-order valence-corrected chi connectivity index (χ1v) is 6.48. The number of fused-ring (bicyclic) bond motifs is 1. The first-order chi connectivity index (χ1) is 7.53. The van der Waals surface area contributed by atoms with E-state index in [1.54, 1.807) is 0 Å². The molecule has 1 aliphatic rings. The molecular formula is C10H14N2O3S. The molecule has 2 rings (SSSR count). The van der Waals surface area contributed by atoms with E-state index >= 15 is 0 Å². The predicted octanol–water partition coefficient (Wildman–Crippen LogP) is -0.302. The lowest BCUT2D eigenvalue weighted by atomic mass is 10.1. The van der Waals surface area contributed by atoms with Gasteiger partial charge in [-0.05, 0) is 11.1 Å². The molecule has 1 aromatic rings. The SMILES string of the molecule is CNS(=O)(=O)NC1c2ccccc2CC1O. The number of benzene rings is 1. The van der Waals surface area contributed by atoms with Crippen LogP contribution in [-0.4, -0.2) is 26.7 Å². The Kier molecular flexibility index (Phi) is 2.98. The van der Waals surface area contributed by atoms with Crippen LogP contribution in [-0.2, 0) is 16.6 Å². The molecule has 0 aliphatic heterocycles. The monoisotopic (exact) mass is 242 g/mol. The minimum Gasteiger partial charge on any atom is -0.391 e. The van der Waals surface area contributed by atoms with Crippen LogP contribution >= 0.6 is 0 Å². The van der Waals surface area contributed by atoms with Gasteiger partial charge in [-0.3, -0.25) is 0 Å². The summed E-state index contributed by atoms with van der Waals surface area (Å²) in [6.45, 7) is 0. The highest BCUT2D eigenvalue weighted by Crippen LogP contribution is 2.31. The maximum absolute atomic E-state index is 11.4. The maximum Gasteiger partial charge on any atom is 0.277 e. The summed E-state index contributed by atoms with van der Waals surface area (Å²) in [6.07, 6.45) is -0.229. The van der Waals surface area contributed by atoms with Crippen molar-refractivity contribution < 1.29 is 13.5 Å². The molecule has 0 bridgehead atoms. The second-order valence-corrected chi connectivity index (χ2v) is 5.42. The summed E-state index contributed by atoms with van der Waals surface area (Å²) < 4.78 is 27.3. The molecule has 0 fully saturated rings. The Balaban J connectivity index is 2.30. The van der Waals surface area contributed by atoms with Crippen molar-refractivity contribution in [1.82, 2.24) is 9.44 Å². The summed E-state index contributed by atoms with van der Waals surface area (Å²) in [5.41, 5.74) is 1.83. The van der Waals surface area contributed by atoms with E-state index < -0.39 is 22.4 Å². The quantitative estimate of drug-likeness (QED) is 0.681. The third-order valence-electron chi connectivity index (χ3n) is 2.75. The van der Waals surface area contributed by atoms with Gasteiger partial charge in [-0.25, -0.2) is 4.72 Å². The maximum atomic E-state index is 11.4. The van der Waals surface area contributed by atoms with E-state index in [0.29, 0.717) is 6.42 Å². The molecule has 0 saturated heterocycles. The molecule has 0 saturated carbocycles. The van der Waals surface area contributed by atoms with Gasteiger partial charge in [0.1, 0.15) is 0 Å². The summed E-state index contributed by atoms with van der Waals surface area (Å²) in [6, 6.07) is 6.87. The molecule has 2 unspecified atom stereocenters. The van der Waals surface area contributed by atoms with Crippen molar-refractivity contribution in [2.75, 3.05) is 7.05 Å². The minimum absolute atomic E-state index is 0.479. The van der Waals surface area contributed by atoms with Gasteiger partial charge in [0.05, 0.1) is 12.1 Å². The van der Waals surface area contributed by atoms with Gasteiger partial charge >= 0.3 is 0 Å². The van der Waals surface area contributed by atoms with Gasteiger partial charge in [-0.2, -0.15) is 13.1 Å². The average Bonchev–Trinajstić information content (AvgIpc) is 2.56. The molecule has 3 N–H and O–H groups in total. The summed E-state index contributed by atoms with van der Waals surface area (Å²) >= 11 is 0. The molecular weight excluding hydrogens is 228 g/mol. The number of aliphatic hydroxyl groups is 1. The highest BCUT2D eigenvalue weighted by molar-refractivity contribution is 7.87. The summed E-state index contributed by atoms with van der Waals surface area (Å²) in [5, 5.41) is 9.81. The number of hydrogen-bond acceptors (Lipinski definition) is 3. The Morgan fingerprint density at radius 1 is 1.38 bits per heavy atom. The molecule has 1 aromatic carbocycles. The van der Waals surface area contributed by atoms with Crippen LogP contribution in [0.25, 0.3) is 0 Å². The van der Waals surface area contributed by atoms with E-state index in [1.807, 2.05) is 24.3 Å². The topological polar surface area (TPSA) is 78.4 Å². The van der Waals surface area contributed by atoms with Gasteiger partial charge in [0.25, 0.3) is 10.2 Å². The average molecular weight is 242 g/mol. The van der Waals surface area contributed by atoms with E-state index in [0.717, 1.165) is 11.1 Å². The lowest BCUT2D eigenvalue weighted by Crippen LogP contribution is -2.39. The van der Waals surface area contributed by atoms with Crippen molar-refractivity contribution in [3.05, 3.63) is 35.4 Å². The van der Waals surface area contributed by atoms with Gasteiger partial charge in [-0.1, -0.05) is 24.3 Å². The molecule has 5 nitrogen and oxygen atoms in total. The summed E-state index contributed by atoms with van der Waals surface area (Å²) in [4.78, 5) is 0. The van der Waals surface area contributed by atoms with Gasteiger partial charge in [0.2, 0.25) is 0 Å². The van der Waals surface area contributed by atoms with Crippen molar-refractivity contribution in [2.45, 2.75) is 18.6 Å². The van der Waals surface area contributed by atoms with Crippen molar-refractivity contribution in [1.29, 1.82) is 0 Å². The van der Waals surface area contributed by atoms with Crippen LogP contribution in [0.5, 0.6) is 0 Å². The van der Waals surface area contributed by atoms with Crippen LogP contribution in [0.15, 0.2) is 24.3 Å². The Labute approximate surface area is 94.7 Å². The van der Waals surface area contributed by atoms with E-state index in [4.69, 9.17) is 0 Å². The Morgan fingerprint density at radius 2 is 2.06 bits per heavy atom. The standard InChI is InChI=1S/C10H14N2O3S/c1-11-16(14,15)12-10-8-5-3-2-4-7(8)6-9(10)13/h2-5,9-13H,6H2,1H3. The van der Waals surface area contributed by atoms with E-state index in [-0.39, 0.29) is 0 Å². The normalized spacial score (nSPS) is 24.4. The lowest BCUT2D eigenvalue weighted by molar-refractivity contribution is 0.151. The van der Waals surface area contributed by atoms with Crippen LogP contribution in [0, 0.1) is 0 Å². The molecule has 1 aliphatic carbocycles. The van der Waals surface area contributed by atoms with Crippen LogP contribution in [0.4, 0.5) is 0 Å². The largest absolute Gasteiger partial charge is 0.391 e. The molecule has 6 heteroatoms. The first kappa shape index (κ1) is 11.5. The second kappa shape index (κ2) is 4.14. The first-order valence-electron chi connectivity index (χ1n) is 5.00. The van der Waals surface area contributed by atoms with Crippen molar-refractivity contribution in [3.63, 3.8) is 0 Å². The molecule has 0 radical (unpaired) electrons. The second-order valence-electron chi connectivity index (χ2n) is 3.77. The molecule has 2 atom stereocenters. The number of hydrogen-bond donors (Lipinski definition) is 3. The number of nitrogens with one attached hydrogen (secondary N) is 2. The van der Waals surface area contributed by atoms with Crippen molar-refractivity contribution >= 4 is 10.2 Å². The zero-order valence-electron chi connectivity index (χ0n) is 8.84. The van der Waals surface area contributed by atoms with Crippen molar-refractivity contribution in [2.24, 2.45) is 0 Å². The van der Waals surface area contributed by atoms with E-state index in [1.165, 1.54) is 7.05 Å². The smallest absolute Gasteiger partial charge is 0.277 e. The fourth-order valence-electron chi connectivity index (χ4n) is 1.94. The lowest BCUT2D eigenvalue weighted by Gasteiger charge is -2.17. The van der Waals surface area contributed by atoms with Gasteiger partial charge in [-0.15, -0.1) is 0 Å². The summed E-state index contributed by atoms with van der Waals surface area (Å²) in [5.74, 6) is 0. The van der Waals surface area contributed by atoms with Crippen LogP contribution < -0.4 is 9.44 Å². The minimum atomic E-state index is -3.54. The van der Waals surface area contributed by atoms with Crippen LogP contribution in [0.2, 0.25) is 0 Å². The highest BCUT2D eigenvalue weighted by Gasteiger charge is 2.33. The zero-order chi connectivity index (χ0) is 11.8. The van der Waals surface area contributed by atoms with Crippen LogP contribution in [0.1, 0.15) is 17.2 Å². The van der Waals surface area contributed by atoms with E-state index in [2.05, 4.69) is 9.44 Å². The van der Waals surface area contributed by atoms with Crippen molar-refractivity contribution in [3.8, 4) is 0 Å². The molecule has 16 heavy (non-hydrogen) atoms. The fourth-order valence-corrected chi connectivity index (χ4v) is 2.68. The fraction of sp³-hybridized carbons (Fsp3) is 0.400. The van der Waals surface area contributed by atoms with Gasteiger partial charge in [0, 0.05) is 13.5 Å². The van der Waals surface area contributed by atoms with Gasteiger partial charge < -0.3 is 5.11 Å². The third kappa shape index (κ3) is 2.10. The van der Waals surface area contributed by atoms with Gasteiger partial charge in [0.15, 0.2) is 0 Å². The third-order valence-corrected chi connectivity index (χ3v) is 3.86. The van der Waals surface area contributed by atoms with E-state index in [9.17, 15) is 13.5 Å². The molecule has 0 amide bonds. The number of aliphatic hydroxyl groups excluding tert-OH is 1. The molecule has 0 aromatic heterocycles. The molecule has 88 valence electrons. The summed E-state index contributed by atoms with van der Waals surface area (Å²) in [7, 11) is -2.21. The Morgan fingerprint density at radius 3 is 2.75 bits per heavy atom. The molecule has 0 heterocycles.